The maximum atomic E-state index is 5.67. The third-order valence-electron chi connectivity index (χ3n) is 1.12. The van der Waals surface area contributed by atoms with Gasteiger partial charge in [-0.3, -0.25) is 0 Å². The highest BCUT2D eigenvalue weighted by Gasteiger charge is 2.05. The maximum absolute atomic E-state index is 5.67. The Morgan fingerprint density at radius 1 is 1.80 bits per heavy atom. The van der Waals surface area contributed by atoms with E-state index in [-0.39, 0.29) is 6.04 Å². The molecule has 1 aromatic heterocycles. The van der Waals surface area contributed by atoms with Crippen LogP contribution >= 0.6 is 38.9 Å². The van der Waals surface area contributed by atoms with Gasteiger partial charge in [-0.1, -0.05) is 0 Å². The summed E-state index contributed by atoms with van der Waals surface area (Å²) in [7, 11) is 0. The van der Waals surface area contributed by atoms with Crippen LogP contribution in [-0.4, -0.2) is 5.88 Å². The summed E-state index contributed by atoms with van der Waals surface area (Å²) in [5.41, 5.74) is 5.67. The van der Waals surface area contributed by atoms with Gasteiger partial charge < -0.3 is 5.73 Å². The van der Waals surface area contributed by atoms with Crippen molar-refractivity contribution in [1.82, 2.24) is 0 Å². The van der Waals surface area contributed by atoms with Gasteiger partial charge in [0.15, 0.2) is 0 Å². The van der Waals surface area contributed by atoms with Crippen molar-refractivity contribution >= 4 is 38.9 Å². The first kappa shape index (κ1) is 8.53. The fourth-order valence-electron chi connectivity index (χ4n) is 0.599. The van der Waals surface area contributed by atoms with E-state index < -0.39 is 0 Å². The molecule has 4 heteroatoms. The molecule has 0 aromatic carbocycles. The second-order valence-corrected chi connectivity index (χ2v) is 4.10. The van der Waals surface area contributed by atoms with Crippen molar-refractivity contribution in [3.8, 4) is 0 Å². The molecule has 1 heterocycles. The highest BCUT2D eigenvalue weighted by Crippen LogP contribution is 2.24. The van der Waals surface area contributed by atoms with E-state index in [0.717, 1.165) is 9.35 Å². The van der Waals surface area contributed by atoms with Crippen LogP contribution in [0.15, 0.2) is 15.9 Å². The van der Waals surface area contributed by atoms with Crippen molar-refractivity contribution in [3.05, 3.63) is 20.8 Å². The van der Waals surface area contributed by atoms with Crippen LogP contribution < -0.4 is 5.73 Å². The molecule has 2 N–H and O–H groups in total. The minimum absolute atomic E-state index is 0.0158. The Kier molecular flexibility index (Phi) is 3.17. The van der Waals surface area contributed by atoms with Crippen LogP contribution in [0.5, 0.6) is 0 Å². The number of hydrogen-bond acceptors (Lipinski definition) is 2. The van der Waals surface area contributed by atoms with E-state index in [4.69, 9.17) is 17.3 Å². The minimum Gasteiger partial charge on any atom is -0.322 e. The molecule has 56 valence electrons. The summed E-state index contributed by atoms with van der Waals surface area (Å²) in [5.74, 6) is 0.479. The van der Waals surface area contributed by atoms with Crippen LogP contribution in [0.25, 0.3) is 0 Å². The number of hydrogen-bond donors (Lipinski definition) is 1. The molecular weight excluding hydrogens is 233 g/mol. The number of halogens is 2. The normalized spacial score (nSPS) is 13.5. The largest absolute Gasteiger partial charge is 0.322 e. The van der Waals surface area contributed by atoms with Gasteiger partial charge in [0.1, 0.15) is 0 Å². The summed E-state index contributed by atoms with van der Waals surface area (Å²) in [5, 5.41) is 2.00. The lowest BCUT2D eigenvalue weighted by atomic mass is 10.3. The minimum atomic E-state index is -0.0158. The first-order valence-corrected chi connectivity index (χ1v) is 5.00. The summed E-state index contributed by atoms with van der Waals surface area (Å²) in [6.45, 7) is 0. The van der Waals surface area contributed by atoms with Gasteiger partial charge in [-0.15, -0.1) is 22.9 Å². The number of rotatable bonds is 2. The molecule has 0 saturated carbocycles. The molecule has 1 aromatic rings. The van der Waals surface area contributed by atoms with Crippen LogP contribution in [0.2, 0.25) is 0 Å². The smallest absolute Gasteiger partial charge is 0.0527 e. The van der Waals surface area contributed by atoms with Crippen molar-refractivity contribution in [3.63, 3.8) is 0 Å². The number of nitrogens with two attached hydrogens (primary N) is 1. The van der Waals surface area contributed by atoms with Gasteiger partial charge >= 0.3 is 0 Å². The van der Waals surface area contributed by atoms with Gasteiger partial charge in [0, 0.05) is 20.6 Å². The van der Waals surface area contributed by atoms with Crippen molar-refractivity contribution < 1.29 is 0 Å². The van der Waals surface area contributed by atoms with E-state index >= 15 is 0 Å². The third kappa shape index (κ3) is 1.95. The molecule has 0 saturated heterocycles. The molecule has 0 fully saturated rings. The number of thiophene rings is 1. The molecule has 0 aliphatic rings. The van der Waals surface area contributed by atoms with E-state index in [0.29, 0.717) is 5.88 Å². The van der Waals surface area contributed by atoms with Crippen LogP contribution in [0.1, 0.15) is 10.9 Å². The highest BCUT2D eigenvalue weighted by atomic mass is 79.9. The standard InChI is InChI=1S/C6H7BrClNS/c7-4-1-6(10-3-4)5(9)2-8/h1,3,5H,2,9H2. The van der Waals surface area contributed by atoms with Crippen molar-refractivity contribution in [2.45, 2.75) is 6.04 Å². The Bertz CT molecular complexity index is 213. The van der Waals surface area contributed by atoms with E-state index in [9.17, 15) is 0 Å². The summed E-state index contributed by atoms with van der Waals surface area (Å²) in [6.07, 6.45) is 0. The molecule has 0 bridgehead atoms. The SMILES string of the molecule is NC(CCl)c1cc(Br)cs1. The fourth-order valence-corrected chi connectivity index (χ4v) is 2.30. The van der Waals surface area contributed by atoms with Crippen LogP contribution in [0.4, 0.5) is 0 Å². The molecule has 0 radical (unpaired) electrons. The molecule has 0 aliphatic heterocycles. The zero-order valence-corrected chi connectivity index (χ0v) is 8.34. The number of alkyl halides is 1. The van der Waals surface area contributed by atoms with Gasteiger partial charge in [0.05, 0.1) is 6.04 Å². The molecule has 0 spiro atoms. The van der Waals surface area contributed by atoms with Gasteiger partial charge in [0.2, 0.25) is 0 Å². The maximum Gasteiger partial charge on any atom is 0.0527 e. The Labute approximate surface area is 77.3 Å². The summed E-state index contributed by atoms with van der Waals surface area (Å²) < 4.78 is 1.08. The van der Waals surface area contributed by atoms with Gasteiger partial charge in [-0.05, 0) is 22.0 Å². The van der Waals surface area contributed by atoms with Crippen LogP contribution in [-0.2, 0) is 0 Å². The van der Waals surface area contributed by atoms with Crippen LogP contribution in [0.3, 0.4) is 0 Å². The van der Waals surface area contributed by atoms with Crippen molar-refractivity contribution in [2.75, 3.05) is 5.88 Å². The first-order valence-electron chi connectivity index (χ1n) is 2.79. The van der Waals surface area contributed by atoms with E-state index in [1.54, 1.807) is 11.3 Å². The second kappa shape index (κ2) is 3.72. The lowest BCUT2D eigenvalue weighted by Gasteiger charge is -2.01. The predicted octanol–water partition coefficient (Wildman–Crippen LogP) is 2.75. The summed E-state index contributed by atoms with van der Waals surface area (Å²) >= 11 is 10.5. The van der Waals surface area contributed by atoms with Crippen molar-refractivity contribution in [2.24, 2.45) is 5.73 Å². The average molecular weight is 241 g/mol. The highest BCUT2D eigenvalue weighted by molar-refractivity contribution is 9.10. The molecule has 1 unspecified atom stereocenters. The third-order valence-corrected chi connectivity index (χ3v) is 3.28. The fraction of sp³-hybridized carbons (Fsp3) is 0.333. The molecule has 0 aliphatic carbocycles. The monoisotopic (exact) mass is 239 g/mol. The molecule has 1 atom stereocenters. The summed E-state index contributed by atoms with van der Waals surface area (Å²) in [6, 6.07) is 1.98. The average Bonchev–Trinajstić information content (AvgIpc) is 2.34. The molecular formula is C6H7BrClNS. The van der Waals surface area contributed by atoms with Gasteiger partial charge in [0.25, 0.3) is 0 Å². The first-order chi connectivity index (χ1) is 4.74. The molecule has 10 heavy (non-hydrogen) atoms. The summed E-state index contributed by atoms with van der Waals surface area (Å²) in [4.78, 5) is 1.13. The van der Waals surface area contributed by atoms with E-state index in [2.05, 4.69) is 15.9 Å². The van der Waals surface area contributed by atoms with Crippen molar-refractivity contribution in [1.29, 1.82) is 0 Å². The van der Waals surface area contributed by atoms with E-state index in [1.807, 2.05) is 11.4 Å². The topological polar surface area (TPSA) is 26.0 Å². The van der Waals surface area contributed by atoms with Gasteiger partial charge in [-0.2, -0.15) is 0 Å². The van der Waals surface area contributed by atoms with Crippen LogP contribution in [0, 0.1) is 0 Å². The predicted molar refractivity (Wildman–Crippen MR) is 49.7 cm³/mol. The van der Waals surface area contributed by atoms with Gasteiger partial charge in [-0.25, -0.2) is 0 Å². The Morgan fingerprint density at radius 2 is 2.50 bits per heavy atom. The quantitative estimate of drug-likeness (QED) is 0.791. The van der Waals surface area contributed by atoms with E-state index in [1.165, 1.54) is 0 Å². The second-order valence-electron chi connectivity index (χ2n) is 1.93. The molecule has 0 amide bonds. The zero-order valence-electron chi connectivity index (χ0n) is 5.18. The Morgan fingerprint density at radius 3 is 2.90 bits per heavy atom. The molecule has 1 nitrogen and oxygen atoms in total. The Hall–Kier alpha value is 0.430. The molecule has 1 rings (SSSR count). The Balaban J connectivity index is 2.74. The lowest BCUT2D eigenvalue weighted by Crippen LogP contribution is -2.09. The zero-order chi connectivity index (χ0) is 7.56. The lowest BCUT2D eigenvalue weighted by molar-refractivity contribution is 0.846.